The first-order chi connectivity index (χ1) is 9.22. The van der Waals surface area contributed by atoms with E-state index in [2.05, 4.69) is 15.0 Å². The Morgan fingerprint density at radius 3 is 3.05 bits per heavy atom. The molecule has 0 aromatic carbocycles. The second-order valence-electron chi connectivity index (χ2n) is 4.39. The summed E-state index contributed by atoms with van der Waals surface area (Å²) in [7, 11) is 1.48. The molecular weight excluding hydrogens is 250 g/mol. The Bertz CT molecular complexity index is 599. The molecule has 1 fully saturated rings. The van der Waals surface area contributed by atoms with E-state index >= 15 is 0 Å². The Labute approximate surface area is 109 Å². The lowest BCUT2D eigenvalue weighted by atomic mass is 10.2. The third kappa shape index (κ3) is 1.98. The average molecular weight is 265 g/mol. The molecule has 8 heteroatoms. The number of aromatic nitrogens is 4. The highest BCUT2D eigenvalue weighted by molar-refractivity contribution is 5.81. The summed E-state index contributed by atoms with van der Waals surface area (Å²) in [5.74, 6) is 0.275. The van der Waals surface area contributed by atoms with Crippen LogP contribution in [-0.2, 0) is 4.74 Å². The van der Waals surface area contributed by atoms with E-state index in [0.717, 1.165) is 12.8 Å². The van der Waals surface area contributed by atoms with Gasteiger partial charge in [-0.25, -0.2) is 4.98 Å². The zero-order valence-corrected chi connectivity index (χ0v) is 10.5. The van der Waals surface area contributed by atoms with Gasteiger partial charge in [0.1, 0.15) is 6.23 Å². The van der Waals surface area contributed by atoms with Gasteiger partial charge in [0.25, 0.3) is 0 Å². The van der Waals surface area contributed by atoms with Crippen LogP contribution in [0.5, 0.6) is 6.01 Å². The van der Waals surface area contributed by atoms with E-state index < -0.39 is 0 Å². The number of nitrogen functional groups attached to an aromatic ring is 1. The number of aliphatic hydroxyl groups is 1. The summed E-state index contributed by atoms with van der Waals surface area (Å²) in [6.07, 6.45) is 2.89. The number of nitrogens with two attached hydrogens (primary N) is 1. The summed E-state index contributed by atoms with van der Waals surface area (Å²) in [6.45, 7) is 0.0174. The minimum Gasteiger partial charge on any atom is -0.467 e. The lowest BCUT2D eigenvalue weighted by Crippen LogP contribution is -2.14. The number of anilines is 1. The van der Waals surface area contributed by atoms with Crippen LogP contribution in [0.3, 0.4) is 0 Å². The number of rotatable bonds is 3. The maximum atomic E-state index is 9.11. The topological polar surface area (TPSA) is 108 Å². The standard InChI is InChI=1S/C11H15N5O3/c1-18-11-14-9(12)8-10(15-11)16(5-13-8)7-3-2-6(4-17)19-7/h5-7,17H,2-4H2,1H3,(H2,12,14,15)/t6-,7?/m0/s1. The summed E-state index contributed by atoms with van der Waals surface area (Å²) in [5, 5.41) is 9.11. The van der Waals surface area contributed by atoms with Crippen LogP contribution in [0.2, 0.25) is 0 Å². The van der Waals surface area contributed by atoms with Gasteiger partial charge >= 0.3 is 6.01 Å². The third-order valence-corrected chi connectivity index (χ3v) is 3.21. The van der Waals surface area contributed by atoms with Crippen molar-refractivity contribution in [3.05, 3.63) is 6.33 Å². The van der Waals surface area contributed by atoms with Crippen molar-refractivity contribution in [2.45, 2.75) is 25.2 Å². The van der Waals surface area contributed by atoms with E-state index in [1.54, 1.807) is 10.9 Å². The number of nitrogens with zero attached hydrogens (tertiary/aromatic N) is 4. The van der Waals surface area contributed by atoms with E-state index in [1.807, 2.05) is 0 Å². The summed E-state index contributed by atoms with van der Waals surface area (Å²) < 4.78 is 12.5. The Morgan fingerprint density at radius 1 is 1.53 bits per heavy atom. The zero-order valence-electron chi connectivity index (χ0n) is 10.5. The fourth-order valence-electron chi connectivity index (χ4n) is 2.25. The number of imidazole rings is 1. The van der Waals surface area contributed by atoms with E-state index in [-0.39, 0.29) is 30.8 Å². The molecule has 0 radical (unpaired) electrons. The Morgan fingerprint density at radius 2 is 2.37 bits per heavy atom. The molecule has 1 aliphatic rings. The molecule has 3 heterocycles. The lowest BCUT2D eigenvalue weighted by molar-refractivity contribution is -0.0207. The molecule has 2 aromatic rings. The summed E-state index contributed by atoms with van der Waals surface area (Å²) in [4.78, 5) is 12.4. The van der Waals surface area contributed by atoms with E-state index in [0.29, 0.717) is 11.2 Å². The van der Waals surface area contributed by atoms with Crippen LogP contribution in [0.15, 0.2) is 6.33 Å². The van der Waals surface area contributed by atoms with E-state index in [4.69, 9.17) is 20.3 Å². The van der Waals surface area contributed by atoms with E-state index in [9.17, 15) is 0 Å². The minimum atomic E-state index is -0.193. The summed E-state index contributed by atoms with van der Waals surface area (Å²) in [5.41, 5.74) is 6.91. The number of methoxy groups -OCH3 is 1. The lowest BCUT2D eigenvalue weighted by Gasteiger charge is -2.14. The fourth-order valence-corrected chi connectivity index (χ4v) is 2.25. The molecule has 0 saturated carbocycles. The Kier molecular flexibility index (Phi) is 2.96. The molecule has 1 aliphatic heterocycles. The van der Waals surface area contributed by atoms with Gasteiger partial charge in [-0.05, 0) is 12.8 Å². The van der Waals surface area contributed by atoms with Crippen molar-refractivity contribution in [3.8, 4) is 6.01 Å². The van der Waals surface area contributed by atoms with Crippen molar-refractivity contribution in [1.29, 1.82) is 0 Å². The smallest absolute Gasteiger partial charge is 0.320 e. The molecule has 8 nitrogen and oxygen atoms in total. The van der Waals surface area contributed by atoms with Crippen LogP contribution in [0.25, 0.3) is 11.2 Å². The van der Waals surface area contributed by atoms with Gasteiger partial charge in [-0.2, -0.15) is 9.97 Å². The molecular formula is C11H15N5O3. The molecule has 2 atom stereocenters. The predicted molar refractivity (Wildman–Crippen MR) is 66.5 cm³/mol. The van der Waals surface area contributed by atoms with Crippen molar-refractivity contribution in [2.24, 2.45) is 0 Å². The largest absolute Gasteiger partial charge is 0.467 e. The third-order valence-electron chi connectivity index (χ3n) is 3.21. The van der Waals surface area contributed by atoms with Gasteiger partial charge in [0.15, 0.2) is 17.0 Å². The van der Waals surface area contributed by atoms with Crippen LogP contribution >= 0.6 is 0 Å². The first kappa shape index (κ1) is 12.1. The molecule has 1 unspecified atom stereocenters. The maximum Gasteiger partial charge on any atom is 0.320 e. The molecule has 1 saturated heterocycles. The average Bonchev–Trinajstić information content (AvgIpc) is 3.04. The molecule has 3 rings (SSSR count). The molecule has 0 bridgehead atoms. The fraction of sp³-hybridized carbons (Fsp3) is 0.545. The SMILES string of the molecule is COc1nc(N)c2ncn(C3CC[C@@H](CO)O3)c2n1. The number of hydrogen-bond donors (Lipinski definition) is 2. The van der Waals surface area contributed by atoms with Crippen LogP contribution in [0, 0.1) is 0 Å². The summed E-state index contributed by atoms with van der Waals surface area (Å²) >= 11 is 0. The highest BCUT2D eigenvalue weighted by Crippen LogP contribution is 2.31. The molecule has 0 aliphatic carbocycles. The molecule has 0 spiro atoms. The second-order valence-corrected chi connectivity index (χ2v) is 4.39. The Hall–Kier alpha value is -1.93. The van der Waals surface area contributed by atoms with Crippen molar-refractivity contribution in [2.75, 3.05) is 19.5 Å². The van der Waals surface area contributed by atoms with Crippen LogP contribution in [0.4, 0.5) is 5.82 Å². The van der Waals surface area contributed by atoms with Gasteiger partial charge in [0.05, 0.1) is 26.1 Å². The zero-order chi connectivity index (χ0) is 13.4. The second kappa shape index (κ2) is 4.63. The number of ether oxygens (including phenoxy) is 2. The number of fused-ring (bicyclic) bond motifs is 1. The highest BCUT2D eigenvalue weighted by Gasteiger charge is 2.28. The summed E-state index contributed by atoms with van der Waals surface area (Å²) in [6, 6.07) is 0.198. The Balaban J connectivity index is 2.02. The van der Waals surface area contributed by atoms with Crippen molar-refractivity contribution in [3.63, 3.8) is 0 Å². The number of aliphatic hydroxyl groups excluding tert-OH is 1. The van der Waals surface area contributed by atoms with E-state index in [1.165, 1.54) is 7.11 Å². The quantitative estimate of drug-likeness (QED) is 0.809. The van der Waals surface area contributed by atoms with Gasteiger partial charge in [-0.15, -0.1) is 0 Å². The van der Waals surface area contributed by atoms with Crippen LogP contribution in [0.1, 0.15) is 19.1 Å². The maximum absolute atomic E-state index is 9.11. The normalized spacial score (nSPS) is 23.1. The monoisotopic (exact) mass is 265 g/mol. The molecule has 0 amide bonds. The minimum absolute atomic E-state index is 0.0174. The first-order valence-electron chi connectivity index (χ1n) is 6.03. The highest BCUT2D eigenvalue weighted by atomic mass is 16.5. The molecule has 3 N–H and O–H groups in total. The molecule has 2 aromatic heterocycles. The van der Waals surface area contributed by atoms with Gasteiger partial charge < -0.3 is 20.3 Å². The predicted octanol–water partition coefficient (Wildman–Crippen LogP) is 0.0870. The van der Waals surface area contributed by atoms with Gasteiger partial charge in [-0.1, -0.05) is 0 Å². The van der Waals surface area contributed by atoms with Crippen molar-refractivity contribution >= 4 is 17.0 Å². The molecule has 102 valence electrons. The van der Waals surface area contributed by atoms with Crippen molar-refractivity contribution < 1.29 is 14.6 Å². The van der Waals surface area contributed by atoms with Gasteiger partial charge in [0.2, 0.25) is 0 Å². The van der Waals surface area contributed by atoms with Crippen LogP contribution in [-0.4, -0.2) is 44.4 Å². The van der Waals surface area contributed by atoms with Crippen LogP contribution < -0.4 is 10.5 Å². The van der Waals surface area contributed by atoms with Gasteiger partial charge in [0, 0.05) is 0 Å². The number of hydrogen-bond acceptors (Lipinski definition) is 7. The first-order valence-corrected chi connectivity index (χ1v) is 6.03. The van der Waals surface area contributed by atoms with Crippen molar-refractivity contribution in [1.82, 2.24) is 19.5 Å². The molecule has 19 heavy (non-hydrogen) atoms. The van der Waals surface area contributed by atoms with Gasteiger partial charge in [-0.3, -0.25) is 4.57 Å².